The SMILES string of the molecule is C=C(CSc1nnnn1C)C(C(=O)OC)N1C(=O)[C@H]([C@@H](C)O[Si](C)(C)C(C)(C)C)[C@H]1SSc1nnnn1C. The first kappa shape index (κ1) is 30.6. The van der Waals surface area contributed by atoms with Gasteiger partial charge in [0.1, 0.15) is 5.37 Å². The first-order valence-electron chi connectivity index (χ1n) is 11.9. The van der Waals surface area contributed by atoms with Crippen LogP contribution in [0, 0.1) is 5.92 Å². The third-order valence-corrected chi connectivity index (χ3v) is 15.1. The number of carbonyl (C=O) groups excluding carboxylic acids is 2. The van der Waals surface area contributed by atoms with E-state index in [1.54, 1.807) is 23.7 Å². The molecular formula is C21H35N9O4S3Si. The van der Waals surface area contributed by atoms with Crippen molar-refractivity contribution in [2.45, 2.75) is 73.7 Å². The topological polar surface area (TPSA) is 143 Å². The van der Waals surface area contributed by atoms with Crippen LogP contribution < -0.4 is 0 Å². The molecule has 1 aliphatic rings. The molecule has 0 radical (unpaired) electrons. The van der Waals surface area contributed by atoms with E-state index in [-0.39, 0.29) is 17.0 Å². The maximum atomic E-state index is 13.7. The molecule has 0 spiro atoms. The van der Waals surface area contributed by atoms with Gasteiger partial charge in [0, 0.05) is 19.8 Å². The lowest BCUT2D eigenvalue weighted by atomic mass is 9.89. The highest BCUT2D eigenvalue weighted by atomic mass is 33.1. The van der Waals surface area contributed by atoms with E-state index in [2.05, 4.69) is 71.5 Å². The number of thioether (sulfide) groups is 1. The Morgan fingerprint density at radius 3 is 2.21 bits per heavy atom. The maximum absolute atomic E-state index is 13.7. The summed E-state index contributed by atoms with van der Waals surface area (Å²) in [6, 6.07) is -0.978. The van der Waals surface area contributed by atoms with Crippen molar-refractivity contribution in [3.05, 3.63) is 12.2 Å². The number of hydrogen-bond acceptors (Lipinski definition) is 13. The Balaban J connectivity index is 1.87. The number of amides is 1. The van der Waals surface area contributed by atoms with Gasteiger partial charge in [-0.05, 0) is 62.3 Å². The molecule has 2 aromatic rings. The Labute approximate surface area is 235 Å². The number of esters is 1. The number of aromatic nitrogens is 8. The zero-order valence-corrected chi connectivity index (χ0v) is 26.6. The number of aryl methyl sites for hydroxylation is 2. The number of rotatable bonds is 12. The molecule has 4 atom stereocenters. The molecule has 0 aliphatic carbocycles. The molecular weight excluding hydrogens is 567 g/mol. The molecule has 38 heavy (non-hydrogen) atoms. The Morgan fingerprint density at radius 1 is 1.13 bits per heavy atom. The number of hydrogen-bond donors (Lipinski definition) is 0. The van der Waals surface area contributed by atoms with Crippen molar-refractivity contribution in [3.8, 4) is 0 Å². The second kappa shape index (κ2) is 12.1. The number of methoxy groups -OCH3 is 1. The lowest BCUT2D eigenvalue weighted by molar-refractivity contribution is -0.167. The van der Waals surface area contributed by atoms with E-state index < -0.39 is 31.6 Å². The number of tetrazole rings is 2. The minimum atomic E-state index is -2.16. The van der Waals surface area contributed by atoms with Crippen LogP contribution in [0.25, 0.3) is 0 Å². The highest BCUT2D eigenvalue weighted by molar-refractivity contribution is 8.76. The molecule has 2 aromatic heterocycles. The van der Waals surface area contributed by atoms with Crippen LogP contribution >= 0.6 is 33.3 Å². The fourth-order valence-electron chi connectivity index (χ4n) is 3.59. The van der Waals surface area contributed by atoms with Crippen LogP contribution in [0.1, 0.15) is 27.7 Å². The molecule has 1 saturated heterocycles. The highest BCUT2D eigenvalue weighted by Gasteiger charge is 2.57. The Morgan fingerprint density at radius 2 is 1.71 bits per heavy atom. The van der Waals surface area contributed by atoms with Crippen molar-refractivity contribution < 1.29 is 18.8 Å². The summed E-state index contributed by atoms with van der Waals surface area (Å²) in [5, 5.41) is 23.7. The van der Waals surface area contributed by atoms with Crippen LogP contribution in [-0.4, -0.2) is 95.9 Å². The first-order chi connectivity index (χ1) is 17.7. The van der Waals surface area contributed by atoms with Gasteiger partial charge in [0.15, 0.2) is 14.4 Å². The summed E-state index contributed by atoms with van der Waals surface area (Å²) in [5.41, 5.74) is 0.505. The van der Waals surface area contributed by atoms with Gasteiger partial charge in [0.05, 0.1) is 19.1 Å². The third-order valence-electron chi connectivity index (χ3n) is 6.77. The zero-order valence-electron chi connectivity index (χ0n) is 23.1. The fraction of sp³-hybridized carbons (Fsp3) is 0.714. The lowest BCUT2D eigenvalue weighted by Crippen LogP contribution is -2.68. The smallest absolute Gasteiger partial charge is 0.332 e. The molecule has 0 saturated carbocycles. The molecule has 0 N–H and O–H groups in total. The molecule has 13 nitrogen and oxygen atoms in total. The van der Waals surface area contributed by atoms with Crippen molar-refractivity contribution in [2.75, 3.05) is 12.9 Å². The van der Waals surface area contributed by atoms with Gasteiger partial charge in [0.25, 0.3) is 0 Å². The van der Waals surface area contributed by atoms with Crippen molar-refractivity contribution >= 4 is 53.5 Å². The van der Waals surface area contributed by atoms with Crippen molar-refractivity contribution in [2.24, 2.45) is 20.0 Å². The summed E-state index contributed by atoms with van der Waals surface area (Å²) in [6.07, 6.45) is -0.360. The van der Waals surface area contributed by atoms with Gasteiger partial charge in [-0.3, -0.25) is 4.79 Å². The molecule has 3 rings (SSSR count). The minimum absolute atomic E-state index is 0.0236. The first-order valence-corrected chi connectivity index (χ1v) is 18.0. The zero-order chi connectivity index (χ0) is 28.4. The third kappa shape index (κ3) is 6.43. The van der Waals surface area contributed by atoms with E-state index in [0.717, 1.165) is 0 Å². The second-order valence-corrected chi connectivity index (χ2v) is 18.5. The predicted molar refractivity (Wildman–Crippen MR) is 149 cm³/mol. The summed E-state index contributed by atoms with van der Waals surface area (Å²) in [6.45, 7) is 16.9. The largest absolute Gasteiger partial charge is 0.467 e. The van der Waals surface area contributed by atoms with Crippen LogP contribution in [-0.2, 0) is 32.8 Å². The number of carbonyl (C=O) groups is 2. The van der Waals surface area contributed by atoms with E-state index in [9.17, 15) is 9.59 Å². The van der Waals surface area contributed by atoms with Crippen LogP contribution in [0.3, 0.4) is 0 Å². The Bertz CT molecular complexity index is 1170. The van der Waals surface area contributed by atoms with E-state index in [1.807, 2.05) is 6.92 Å². The second-order valence-electron chi connectivity index (χ2n) is 10.5. The maximum Gasteiger partial charge on any atom is 0.332 e. The average molecular weight is 602 g/mol. The van der Waals surface area contributed by atoms with E-state index >= 15 is 0 Å². The fourth-order valence-corrected chi connectivity index (χ4v) is 8.60. The summed E-state index contributed by atoms with van der Waals surface area (Å²) in [5.74, 6) is -0.908. The highest BCUT2D eigenvalue weighted by Crippen LogP contribution is 2.49. The number of ether oxygens (including phenoxy) is 1. The van der Waals surface area contributed by atoms with E-state index in [1.165, 1.54) is 45.1 Å². The van der Waals surface area contributed by atoms with Crippen molar-refractivity contribution in [1.82, 2.24) is 45.3 Å². The monoisotopic (exact) mass is 601 g/mol. The summed E-state index contributed by atoms with van der Waals surface area (Å²) in [4.78, 5) is 28.3. The van der Waals surface area contributed by atoms with Gasteiger partial charge in [-0.2, -0.15) is 0 Å². The van der Waals surface area contributed by atoms with E-state index in [0.29, 0.717) is 21.6 Å². The Hall–Kier alpha value is -1.95. The van der Waals surface area contributed by atoms with Crippen molar-refractivity contribution in [1.29, 1.82) is 0 Å². The number of nitrogens with zero attached hydrogens (tertiary/aromatic N) is 9. The van der Waals surface area contributed by atoms with Crippen LogP contribution in [0.2, 0.25) is 18.1 Å². The van der Waals surface area contributed by atoms with Crippen LogP contribution in [0.15, 0.2) is 22.5 Å². The normalized spacial score (nSPS) is 19.7. The molecule has 17 heteroatoms. The standard InChI is InChI=1S/C21H35N9O4S3Si/c1-12(11-35-19-22-24-26-28(19)6)15(18(32)33-8)30-16(31)14(13(2)34-38(9,10)21(3,4)5)17(30)36-37-20-23-25-27-29(20)7/h13-15,17H,1,11H2,2-10H3/t13-,14+,15?,17-/m1/s1. The summed E-state index contributed by atoms with van der Waals surface area (Å²) >= 11 is 1.32. The average Bonchev–Trinajstić information content (AvgIpc) is 3.43. The van der Waals surface area contributed by atoms with Crippen molar-refractivity contribution in [3.63, 3.8) is 0 Å². The molecule has 210 valence electrons. The lowest BCUT2D eigenvalue weighted by Gasteiger charge is -2.52. The van der Waals surface area contributed by atoms with Gasteiger partial charge in [0.2, 0.25) is 16.2 Å². The van der Waals surface area contributed by atoms with Gasteiger partial charge < -0.3 is 14.1 Å². The minimum Gasteiger partial charge on any atom is -0.467 e. The molecule has 0 aromatic carbocycles. The molecule has 0 bridgehead atoms. The van der Waals surface area contributed by atoms with Gasteiger partial charge in [-0.15, -0.1) is 10.2 Å². The quantitative estimate of drug-likeness (QED) is 0.0879. The molecule has 1 unspecified atom stereocenters. The predicted octanol–water partition coefficient (Wildman–Crippen LogP) is 2.56. The summed E-state index contributed by atoms with van der Waals surface area (Å²) < 4.78 is 14.8. The summed E-state index contributed by atoms with van der Waals surface area (Å²) in [7, 11) is 5.35. The Kier molecular flexibility index (Phi) is 9.70. The molecule has 1 aliphatic heterocycles. The van der Waals surface area contributed by atoms with E-state index in [4.69, 9.17) is 9.16 Å². The van der Waals surface area contributed by atoms with Gasteiger partial charge in [-0.25, -0.2) is 14.2 Å². The van der Waals surface area contributed by atoms with Gasteiger partial charge >= 0.3 is 5.97 Å². The molecule has 3 heterocycles. The van der Waals surface area contributed by atoms with Crippen LogP contribution in [0.5, 0.6) is 0 Å². The van der Waals surface area contributed by atoms with Gasteiger partial charge in [-0.1, -0.05) is 49.9 Å². The van der Waals surface area contributed by atoms with Crippen LogP contribution in [0.4, 0.5) is 0 Å². The molecule has 1 amide bonds. The number of β-lactam (4-membered cyclic amide) rings is 1. The number of likely N-dealkylation sites (tertiary alicyclic amines) is 1. The molecule has 1 fully saturated rings.